The van der Waals surface area contributed by atoms with Crippen LogP contribution in [0, 0.1) is 0 Å². The number of nitrogens with zero attached hydrogens (tertiary/aromatic N) is 2. The zero-order valence-corrected chi connectivity index (χ0v) is 12.1. The number of likely N-dealkylation sites (N-methyl/N-ethyl adjacent to an activating group) is 1. The molecule has 0 aromatic carbocycles. The third-order valence-electron chi connectivity index (χ3n) is 2.98. The molecule has 19 heavy (non-hydrogen) atoms. The molecule has 0 aliphatic rings. The van der Waals surface area contributed by atoms with Crippen molar-refractivity contribution in [2.75, 3.05) is 33.8 Å². The summed E-state index contributed by atoms with van der Waals surface area (Å²) in [5, 5.41) is 3.28. The van der Waals surface area contributed by atoms with Crippen molar-refractivity contribution in [2.24, 2.45) is 0 Å². The highest BCUT2D eigenvalue weighted by molar-refractivity contribution is 5.82. The SMILES string of the molecule is CCOC(=O)C(C)(NCCN(C)C)c1ccncc1. The molecule has 5 heteroatoms. The molecule has 1 heterocycles. The highest BCUT2D eigenvalue weighted by Crippen LogP contribution is 2.21. The normalized spacial score (nSPS) is 14.2. The van der Waals surface area contributed by atoms with Crippen molar-refractivity contribution >= 4 is 5.97 Å². The molecular formula is C14H23N3O2. The van der Waals surface area contributed by atoms with Crippen molar-refractivity contribution in [3.8, 4) is 0 Å². The maximum absolute atomic E-state index is 12.2. The van der Waals surface area contributed by atoms with E-state index in [0.29, 0.717) is 13.2 Å². The zero-order chi connectivity index (χ0) is 14.3. The Labute approximate surface area is 115 Å². The summed E-state index contributed by atoms with van der Waals surface area (Å²) in [6.07, 6.45) is 3.36. The van der Waals surface area contributed by atoms with Gasteiger partial charge in [0.05, 0.1) is 6.61 Å². The average Bonchev–Trinajstić information content (AvgIpc) is 2.39. The second-order valence-corrected chi connectivity index (χ2v) is 4.81. The predicted octanol–water partition coefficient (Wildman–Crippen LogP) is 1.01. The Kier molecular flexibility index (Phi) is 5.92. The topological polar surface area (TPSA) is 54.5 Å². The van der Waals surface area contributed by atoms with Gasteiger partial charge in [0.25, 0.3) is 0 Å². The van der Waals surface area contributed by atoms with Crippen LogP contribution in [0.1, 0.15) is 19.4 Å². The van der Waals surface area contributed by atoms with E-state index in [2.05, 4.69) is 15.2 Å². The molecule has 1 aromatic rings. The van der Waals surface area contributed by atoms with Gasteiger partial charge in [0.1, 0.15) is 5.54 Å². The lowest BCUT2D eigenvalue weighted by molar-refractivity contribution is -0.151. The number of hydrogen-bond acceptors (Lipinski definition) is 5. The number of carbonyl (C=O) groups excluding carboxylic acids is 1. The first-order valence-electron chi connectivity index (χ1n) is 6.48. The Hall–Kier alpha value is -1.46. The van der Waals surface area contributed by atoms with Gasteiger partial charge in [0.2, 0.25) is 0 Å². The van der Waals surface area contributed by atoms with Gasteiger partial charge in [-0.25, -0.2) is 4.79 Å². The van der Waals surface area contributed by atoms with Crippen LogP contribution in [0.15, 0.2) is 24.5 Å². The molecule has 1 N–H and O–H groups in total. The van der Waals surface area contributed by atoms with E-state index in [4.69, 9.17) is 4.74 Å². The van der Waals surface area contributed by atoms with Gasteiger partial charge in [-0.3, -0.25) is 10.3 Å². The van der Waals surface area contributed by atoms with E-state index >= 15 is 0 Å². The van der Waals surface area contributed by atoms with Gasteiger partial charge in [-0.05, 0) is 45.6 Å². The number of carbonyl (C=O) groups is 1. The lowest BCUT2D eigenvalue weighted by Gasteiger charge is -2.29. The fourth-order valence-electron chi connectivity index (χ4n) is 1.78. The van der Waals surface area contributed by atoms with E-state index in [1.165, 1.54) is 0 Å². The van der Waals surface area contributed by atoms with Crippen molar-refractivity contribution in [3.05, 3.63) is 30.1 Å². The van der Waals surface area contributed by atoms with Crippen LogP contribution < -0.4 is 5.32 Å². The molecule has 0 radical (unpaired) electrons. The standard InChI is InChI=1S/C14H23N3O2/c1-5-19-13(18)14(2,16-10-11-17(3)4)12-6-8-15-9-7-12/h6-9,16H,5,10-11H2,1-4H3. The van der Waals surface area contributed by atoms with Crippen LogP contribution in [0.2, 0.25) is 0 Å². The number of rotatable bonds is 7. The molecule has 1 unspecified atom stereocenters. The summed E-state index contributed by atoms with van der Waals surface area (Å²) < 4.78 is 5.18. The minimum atomic E-state index is -0.838. The summed E-state index contributed by atoms with van der Waals surface area (Å²) >= 11 is 0. The van der Waals surface area contributed by atoms with E-state index in [1.54, 1.807) is 12.4 Å². The predicted molar refractivity (Wildman–Crippen MR) is 74.8 cm³/mol. The van der Waals surface area contributed by atoms with Gasteiger partial charge >= 0.3 is 5.97 Å². The fraction of sp³-hybridized carbons (Fsp3) is 0.571. The van der Waals surface area contributed by atoms with Gasteiger partial charge in [-0.15, -0.1) is 0 Å². The Morgan fingerprint density at radius 1 is 1.42 bits per heavy atom. The molecule has 1 atom stereocenters. The second-order valence-electron chi connectivity index (χ2n) is 4.81. The first-order chi connectivity index (χ1) is 9.00. The number of aromatic nitrogens is 1. The smallest absolute Gasteiger partial charge is 0.330 e. The van der Waals surface area contributed by atoms with Crippen LogP contribution in [0.3, 0.4) is 0 Å². The molecule has 106 valence electrons. The van der Waals surface area contributed by atoms with Crippen LogP contribution in [-0.2, 0) is 15.1 Å². The van der Waals surface area contributed by atoms with Gasteiger partial charge in [0.15, 0.2) is 0 Å². The molecule has 0 bridgehead atoms. The Morgan fingerprint density at radius 2 is 2.05 bits per heavy atom. The molecule has 1 rings (SSSR count). The van der Waals surface area contributed by atoms with E-state index in [-0.39, 0.29) is 5.97 Å². The third-order valence-corrected chi connectivity index (χ3v) is 2.98. The number of esters is 1. The van der Waals surface area contributed by atoms with Gasteiger partial charge in [0, 0.05) is 25.5 Å². The first kappa shape index (κ1) is 15.6. The molecule has 0 aliphatic heterocycles. The number of pyridine rings is 1. The monoisotopic (exact) mass is 265 g/mol. The van der Waals surface area contributed by atoms with Crippen molar-refractivity contribution in [1.29, 1.82) is 0 Å². The van der Waals surface area contributed by atoms with Gasteiger partial charge in [-0.1, -0.05) is 0 Å². The number of nitrogens with one attached hydrogen (secondary N) is 1. The van der Waals surface area contributed by atoms with Crippen molar-refractivity contribution in [3.63, 3.8) is 0 Å². The summed E-state index contributed by atoms with van der Waals surface area (Å²) in [6, 6.07) is 3.67. The van der Waals surface area contributed by atoms with Crippen LogP contribution in [0.4, 0.5) is 0 Å². The molecule has 0 spiro atoms. The highest BCUT2D eigenvalue weighted by atomic mass is 16.5. The summed E-state index contributed by atoms with van der Waals surface area (Å²) in [6.45, 7) is 5.57. The van der Waals surface area contributed by atoms with Crippen LogP contribution in [0.5, 0.6) is 0 Å². The minimum Gasteiger partial charge on any atom is -0.464 e. The average molecular weight is 265 g/mol. The number of ether oxygens (including phenoxy) is 1. The van der Waals surface area contributed by atoms with Crippen molar-refractivity contribution in [2.45, 2.75) is 19.4 Å². The van der Waals surface area contributed by atoms with Gasteiger partial charge < -0.3 is 9.64 Å². The maximum atomic E-state index is 12.2. The Bertz CT molecular complexity index is 395. The second kappa shape index (κ2) is 7.21. The van der Waals surface area contributed by atoms with E-state index in [1.807, 2.05) is 40.1 Å². The molecule has 0 fully saturated rings. The quantitative estimate of drug-likeness (QED) is 0.746. The van der Waals surface area contributed by atoms with Crippen LogP contribution >= 0.6 is 0 Å². The highest BCUT2D eigenvalue weighted by Gasteiger charge is 2.36. The largest absolute Gasteiger partial charge is 0.464 e. The summed E-state index contributed by atoms with van der Waals surface area (Å²) in [5.41, 5.74) is 0.0225. The summed E-state index contributed by atoms with van der Waals surface area (Å²) in [7, 11) is 3.99. The maximum Gasteiger partial charge on any atom is 0.330 e. The molecule has 0 amide bonds. The van der Waals surface area contributed by atoms with E-state index < -0.39 is 5.54 Å². The van der Waals surface area contributed by atoms with Crippen LogP contribution in [-0.4, -0.2) is 49.6 Å². The summed E-state index contributed by atoms with van der Waals surface area (Å²) in [5.74, 6) is -0.264. The molecule has 5 nitrogen and oxygen atoms in total. The molecule has 0 aliphatic carbocycles. The van der Waals surface area contributed by atoms with Crippen LogP contribution in [0.25, 0.3) is 0 Å². The molecule has 0 saturated heterocycles. The number of hydrogen-bond donors (Lipinski definition) is 1. The summed E-state index contributed by atoms with van der Waals surface area (Å²) in [4.78, 5) is 18.3. The zero-order valence-electron chi connectivity index (χ0n) is 12.1. The Morgan fingerprint density at radius 3 is 2.58 bits per heavy atom. The van der Waals surface area contributed by atoms with Crippen molar-refractivity contribution in [1.82, 2.24) is 15.2 Å². The van der Waals surface area contributed by atoms with Crippen molar-refractivity contribution < 1.29 is 9.53 Å². The Balaban J connectivity index is 2.87. The van der Waals surface area contributed by atoms with E-state index in [9.17, 15) is 4.79 Å². The third kappa shape index (κ3) is 4.29. The molecular weight excluding hydrogens is 242 g/mol. The first-order valence-corrected chi connectivity index (χ1v) is 6.48. The lowest BCUT2D eigenvalue weighted by Crippen LogP contribution is -2.49. The lowest BCUT2D eigenvalue weighted by atomic mass is 9.93. The molecule has 1 aromatic heterocycles. The molecule has 0 saturated carbocycles. The fourth-order valence-corrected chi connectivity index (χ4v) is 1.78. The van der Waals surface area contributed by atoms with E-state index in [0.717, 1.165) is 12.1 Å². The minimum absolute atomic E-state index is 0.264. The van der Waals surface area contributed by atoms with Gasteiger partial charge in [-0.2, -0.15) is 0 Å².